The number of hydrogen-bond donors (Lipinski definition) is 0. The van der Waals surface area contributed by atoms with Crippen LogP contribution in [0.25, 0.3) is 0 Å². The molecule has 4 rings (SSSR count). The maximum atomic E-state index is 12.8. The Balaban J connectivity index is 1.61. The van der Waals surface area contributed by atoms with Crippen molar-refractivity contribution in [1.29, 1.82) is 0 Å². The minimum atomic E-state index is -0.401. The van der Waals surface area contributed by atoms with Gasteiger partial charge < -0.3 is 24.0 Å². The minimum Gasteiger partial charge on any atom is -0.493 e. The highest BCUT2D eigenvalue weighted by Gasteiger charge is 2.37. The maximum Gasteiger partial charge on any atom is 0.338 e. The summed E-state index contributed by atoms with van der Waals surface area (Å²) in [4.78, 5) is 33.5. The number of carbonyl (C=O) groups is 2. The van der Waals surface area contributed by atoms with E-state index in [2.05, 4.69) is 4.99 Å². The molecule has 0 aromatic heterocycles. The second-order valence-electron chi connectivity index (χ2n) is 7.61. The van der Waals surface area contributed by atoms with Crippen molar-refractivity contribution in [2.45, 2.75) is 32.7 Å². The number of fused-ring (bicyclic) bond motifs is 1. The molecular weight excluding hydrogens is 430 g/mol. The van der Waals surface area contributed by atoms with Gasteiger partial charge in [-0.1, -0.05) is 17.8 Å². The van der Waals surface area contributed by atoms with Gasteiger partial charge in [0.05, 0.1) is 31.0 Å². The number of thioether (sulfide) groups is 1. The van der Waals surface area contributed by atoms with E-state index < -0.39 is 12.0 Å². The lowest BCUT2D eigenvalue weighted by Gasteiger charge is -2.33. The summed E-state index contributed by atoms with van der Waals surface area (Å²) < 4.78 is 16.7. The fourth-order valence-electron chi connectivity index (χ4n) is 4.07. The highest BCUT2D eigenvalue weighted by atomic mass is 32.2. The van der Waals surface area contributed by atoms with Crippen LogP contribution in [0, 0.1) is 0 Å². The predicted molar refractivity (Wildman–Crippen MR) is 122 cm³/mol. The number of amides is 1. The molecule has 9 heteroatoms. The first-order valence-corrected chi connectivity index (χ1v) is 11.6. The van der Waals surface area contributed by atoms with Crippen molar-refractivity contribution in [3.63, 3.8) is 0 Å². The molecule has 0 spiro atoms. The predicted octanol–water partition coefficient (Wildman–Crippen LogP) is 3.46. The van der Waals surface area contributed by atoms with Crippen LogP contribution in [-0.2, 0) is 14.3 Å². The van der Waals surface area contributed by atoms with Gasteiger partial charge in [0.1, 0.15) is 0 Å². The Labute approximate surface area is 191 Å². The van der Waals surface area contributed by atoms with Gasteiger partial charge in [0.15, 0.2) is 23.3 Å². The van der Waals surface area contributed by atoms with Crippen LogP contribution in [-0.4, -0.2) is 60.3 Å². The number of esters is 1. The van der Waals surface area contributed by atoms with E-state index in [4.69, 9.17) is 14.2 Å². The molecule has 3 aliphatic rings. The zero-order chi connectivity index (χ0) is 22.7. The third-order valence-electron chi connectivity index (χ3n) is 5.63. The SMILES string of the molecule is CCOC(=O)C1=C(C)N=C2SC=CN2[C@H]1c1ccc(OCC(=O)N2CCCC2)c(OC)c1. The number of hydrogen-bond acceptors (Lipinski definition) is 8. The number of rotatable bonds is 7. The van der Waals surface area contributed by atoms with E-state index >= 15 is 0 Å². The second-order valence-corrected chi connectivity index (χ2v) is 8.49. The van der Waals surface area contributed by atoms with Crippen LogP contribution in [0.3, 0.4) is 0 Å². The number of carbonyl (C=O) groups excluding carboxylic acids is 2. The minimum absolute atomic E-state index is 0.0239. The van der Waals surface area contributed by atoms with E-state index in [1.807, 2.05) is 40.5 Å². The second kappa shape index (κ2) is 9.68. The molecular formula is C23H27N3O5S. The van der Waals surface area contributed by atoms with E-state index in [0.717, 1.165) is 36.7 Å². The number of benzene rings is 1. The molecule has 170 valence electrons. The van der Waals surface area contributed by atoms with Crippen LogP contribution >= 0.6 is 11.8 Å². The molecule has 0 unspecified atom stereocenters. The maximum absolute atomic E-state index is 12.8. The zero-order valence-corrected chi connectivity index (χ0v) is 19.3. The average molecular weight is 458 g/mol. The molecule has 0 radical (unpaired) electrons. The Bertz CT molecular complexity index is 997. The first-order valence-electron chi connectivity index (χ1n) is 10.7. The smallest absolute Gasteiger partial charge is 0.338 e. The molecule has 0 aliphatic carbocycles. The van der Waals surface area contributed by atoms with Crippen molar-refractivity contribution in [3.05, 3.63) is 46.6 Å². The normalized spacial score (nSPS) is 19.7. The van der Waals surface area contributed by atoms with Gasteiger partial charge in [0.25, 0.3) is 5.91 Å². The van der Waals surface area contributed by atoms with Gasteiger partial charge in [-0.2, -0.15) is 0 Å². The quantitative estimate of drug-likeness (QED) is 0.580. The van der Waals surface area contributed by atoms with Gasteiger partial charge in [-0.15, -0.1) is 0 Å². The lowest BCUT2D eigenvalue weighted by molar-refractivity contribution is -0.139. The van der Waals surface area contributed by atoms with Crippen molar-refractivity contribution in [2.75, 3.05) is 33.4 Å². The number of allylic oxidation sites excluding steroid dienone is 1. The number of likely N-dealkylation sites (tertiary alicyclic amines) is 1. The summed E-state index contributed by atoms with van der Waals surface area (Å²) >= 11 is 1.50. The van der Waals surface area contributed by atoms with Crippen molar-refractivity contribution < 1.29 is 23.8 Å². The Kier molecular flexibility index (Phi) is 6.74. The van der Waals surface area contributed by atoms with E-state index in [-0.39, 0.29) is 19.1 Å². The Morgan fingerprint density at radius 1 is 1.22 bits per heavy atom. The van der Waals surface area contributed by atoms with Crippen LogP contribution in [0.15, 0.2) is 46.1 Å². The van der Waals surface area contributed by atoms with Crippen LogP contribution in [0.2, 0.25) is 0 Å². The van der Waals surface area contributed by atoms with Crippen LogP contribution in [0.4, 0.5) is 0 Å². The Hall–Kier alpha value is -2.94. The topological polar surface area (TPSA) is 80.7 Å². The molecule has 1 fully saturated rings. The number of ether oxygens (including phenoxy) is 3. The first-order chi connectivity index (χ1) is 15.5. The van der Waals surface area contributed by atoms with Gasteiger partial charge in [0.2, 0.25) is 0 Å². The lowest BCUT2D eigenvalue weighted by atomic mass is 9.94. The van der Waals surface area contributed by atoms with Gasteiger partial charge >= 0.3 is 5.97 Å². The van der Waals surface area contributed by atoms with Crippen molar-refractivity contribution >= 4 is 28.8 Å². The summed E-state index contributed by atoms with van der Waals surface area (Å²) in [5.41, 5.74) is 1.95. The molecule has 32 heavy (non-hydrogen) atoms. The fourth-order valence-corrected chi connectivity index (χ4v) is 4.86. The first kappa shape index (κ1) is 22.3. The molecule has 3 aliphatic heterocycles. The standard InChI is InChI=1S/C23H27N3O5S/c1-4-30-22(28)20-15(2)24-23-26(11-12-32-23)21(20)16-7-8-17(18(13-16)29-3)31-14-19(27)25-9-5-6-10-25/h7-8,11-13,21H,4-6,9-10,14H2,1-3H3/t21-/m0/s1. The summed E-state index contributed by atoms with van der Waals surface area (Å²) in [6, 6.07) is 5.10. The average Bonchev–Trinajstić information content (AvgIpc) is 3.48. The highest BCUT2D eigenvalue weighted by molar-refractivity contribution is 8.16. The molecule has 8 nitrogen and oxygen atoms in total. The summed E-state index contributed by atoms with van der Waals surface area (Å²) in [5, 5.41) is 2.74. The monoisotopic (exact) mass is 457 g/mol. The Morgan fingerprint density at radius 2 is 2.00 bits per heavy atom. The molecule has 1 saturated heterocycles. The zero-order valence-electron chi connectivity index (χ0n) is 18.5. The number of aliphatic imine (C=N–C) groups is 1. The molecule has 3 heterocycles. The largest absolute Gasteiger partial charge is 0.493 e. The van der Waals surface area contributed by atoms with Gasteiger partial charge in [-0.3, -0.25) is 4.79 Å². The summed E-state index contributed by atoms with van der Waals surface area (Å²) in [5.74, 6) is 0.568. The summed E-state index contributed by atoms with van der Waals surface area (Å²) in [7, 11) is 1.56. The van der Waals surface area contributed by atoms with E-state index in [1.165, 1.54) is 11.8 Å². The third-order valence-corrected chi connectivity index (χ3v) is 6.40. The highest BCUT2D eigenvalue weighted by Crippen LogP contribution is 2.43. The van der Waals surface area contributed by atoms with E-state index in [0.29, 0.717) is 22.8 Å². The molecule has 0 bridgehead atoms. The van der Waals surface area contributed by atoms with Gasteiger partial charge in [-0.05, 0) is 49.8 Å². The summed E-state index contributed by atoms with van der Waals surface area (Å²) in [6.07, 6.45) is 3.98. The molecule has 0 N–H and O–H groups in total. The van der Waals surface area contributed by atoms with Crippen LogP contribution in [0.5, 0.6) is 11.5 Å². The molecule has 0 saturated carbocycles. The van der Waals surface area contributed by atoms with Gasteiger partial charge in [-0.25, -0.2) is 9.79 Å². The molecule has 1 aromatic carbocycles. The molecule has 1 aromatic rings. The number of amidine groups is 1. The van der Waals surface area contributed by atoms with Crippen LogP contribution in [0.1, 0.15) is 38.3 Å². The van der Waals surface area contributed by atoms with Crippen LogP contribution < -0.4 is 9.47 Å². The van der Waals surface area contributed by atoms with E-state index in [1.54, 1.807) is 20.1 Å². The van der Waals surface area contributed by atoms with Crippen molar-refractivity contribution in [2.24, 2.45) is 4.99 Å². The number of methoxy groups -OCH3 is 1. The fraction of sp³-hybridized carbons (Fsp3) is 0.435. The molecule has 1 amide bonds. The Morgan fingerprint density at radius 3 is 2.72 bits per heavy atom. The van der Waals surface area contributed by atoms with Crippen molar-refractivity contribution in [1.82, 2.24) is 9.80 Å². The van der Waals surface area contributed by atoms with Gasteiger partial charge in [0, 0.05) is 19.3 Å². The third kappa shape index (κ3) is 4.34. The summed E-state index contributed by atoms with van der Waals surface area (Å²) in [6.45, 7) is 5.42. The van der Waals surface area contributed by atoms with E-state index in [9.17, 15) is 9.59 Å². The lowest BCUT2D eigenvalue weighted by Crippen LogP contribution is -2.34. The number of nitrogens with zero attached hydrogens (tertiary/aromatic N) is 3. The molecule has 1 atom stereocenters. The van der Waals surface area contributed by atoms with Crippen molar-refractivity contribution in [3.8, 4) is 11.5 Å².